The Morgan fingerprint density at radius 2 is 2.21 bits per heavy atom. The average molecular weight is 200 g/mol. The molecule has 0 aromatic heterocycles. The van der Waals surface area contributed by atoms with Gasteiger partial charge < -0.3 is 10.5 Å². The van der Waals surface area contributed by atoms with Crippen LogP contribution in [0.1, 0.15) is 19.8 Å². The summed E-state index contributed by atoms with van der Waals surface area (Å²) in [7, 11) is 0. The first kappa shape index (κ1) is 9.18. The monoisotopic (exact) mass is 200 g/mol. The van der Waals surface area contributed by atoms with Crippen molar-refractivity contribution < 1.29 is 20.5 Å². The number of nitrogens with two attached hydrogens (primary N) is 1. The molecule has 1 amide bonds. The highest BCUT2D eigenvalue weighted by Crippen LogP contribution is 2.29. The number of ketones is 1. The largest absolute Gasteiger partial charge is 0.466 e. The van der Waals surface area contributed by atoms with Crippen LogP contribution in [0.25, 0.3) is 0 Å². The first-order valence-corrected chi connectivity index (χ1v) is 4.50. The fourth-order valence-electron chi connectivity index (χ4n) is 1.63. The molecule has 2 N–H and O–H groups in total. The molecule has 1 fully saturated rings. The lowest BCUT2D eigenvalue weighted by Crippen LogP contribution is -2.31. The Morgan fingerprint density at radius 3 is 2.79 bits per heavy atom. The minimum absolute atomic E-state index is 0.0220. The zero-order valence-corrected chi connectivity index (χ0v) is 7.91. The summed E-state index contributed by atoms with van der Waals surface area (Å²) >= 11 is 0. The number of esters is 1. The van der Waals surface area contributed by atoms with E-state index in [4.69, 9.17) is 6.15 Å². The van der Waals surface area contributed by atoms with Crippen LogP contribution in [0.5, 0.6) is 0 Å². The second kappa shape index (κ2) is 4.21. The second-order valence-corrected chi connectivity index (χ2v) is 3.28. The van der Waals surface area contributed by atoms with Crippen LogP contribution in [-0.4, -0.2) is 24.3 Å². The maximum atomic E-state index is 11.4. The van der Waals surface area contributed by atoms with Gasteiger partial charge in [-0.25, -0.2) is 0 Å². The molecular formula is C9H13NO4. The number of primary amides is 1. The number of carbonyl (C=O) groups excluding carboxylic acids is 3. The summed E-state index contributed by atoms with van der Waals surface area (Å²) in [6.45, 7) is 1.88. The van der Waals surface area contributed by atoms with E-state index in [-0.39, 0.29) is 25.2 Å². The lowest BCUT2D eigenvalue weighted by molar-refractivity contribution is -0.151. The molecule has 1 aliphatic carbocycles. The van der Waals surface area contributed by atoms with Crippen LogP contribution >= 0.6 is 0 Å². The van der Waals surface area contributed by atoms with E-state index in [9.17, 15) is 14.4 Å². The zero-order valence-electron chi connectivity index (χ0n) is 8.91. The molecule has 0 bridgehead atoms. The van der Waals surface area contributed by atoms with Gasteiger partial charge in [-0.1, -0.05) is 0 Å². The summed E-state index contributed by atoms with van der Waals surface area (Å²) in [5, 5.41) is 0. The van der Waals surface area contributed by atoms with Crippen molar-refractivity contribution in [3.63, 3.8) is 0 Å². The highest BCUT2D eigenvalue weighted by molar-refractivity contribution is 5.96. The van der Waals surface area contributed by atoms with E-state index in [2.05, 4.69) is 0 Å². The van der Waals surface area contributed by atoms with Crippen molar-refractivity contribution in [1.82, 2.24) is 0 Å². The van der Waals surface area contributed by atoms with Gasteiger partial charge in [-0.05, 0) is 6.92 Å². The quantitative estimate of drug-likeness (QED) is 0.630. The standard InChI is InChI=1S/C9H13NO4/c1-2-14-9(13)7-4-5(11)3-6(7)8(10)12/h6-7H,2-4H2,1H3,(H2,10,12)/t6-,7-/m0/s1/i/hD. The third kappa shape index (κ3) is 2.10. The SMILES string of the molecule is [2H]NC(=O)[C@H]1CC(=O)C[C@@H]1C(=O)OCC. The summed E-state index contributed by atoms with van der Waals surface area (Å²) in [6.07, 6.45) is 0.0606. The number of Topliss-reactive ketones (excluding diaryl/α,β-unsaturated/α-hetero) is 1. The zero-order chi connectivity index (χ0) is 11.4. The predicted octanol–water partition coefficient (Wildman–Crippen LogP) is -0.370. The molecule has 0 saturated heterocycles. The van der Waals surface area contributed by atoms with Gasteiger partial charge in [0.05, 0.1) is 18.4 Å². The molecule has 1 rings (SSSR count). The van der Waals surface area contributed by atoms with E-state index in [0.29, 0.717) is 0 Å². The lowest BCUT2D eigenvalue weighted by Gasteiger charge is -2.13. The molecule has 0 unspecified atom stereocenters. The number of amides is 1. The first-order chi connectivity index (χ1) is 7.10. The van der Waals surface area contributed by atoms with Gasteiger partial charge in [-0.3, -0.25) is 14.4 Å². The minimum Gasteiger partial charge on any atom is -0.466 e. The van der Waals surface area contributed by atoms with Crippen molar-refractivity contribution in [3.8, 4) is 0 Å². The summed E-state index contributed by atoms with van der Waals surface area (Å²) in [6, 6.07) is 0. The number of hydrogen-bond donors (Lipinski definition) is 1. The molecule has 14 heavy (non-hydrogen) atoms. The second-order valence-electron chi connectivity index (χ2n) is 3.28. The van der Waals surface area contributed by atoms with Crippen molar-refractivity contribution in [2.24, 2.45) is 17.6 Å². The maximum absolute atomic E-state index is 11.4. The van der Waals surface area contributed by atoms with Crippen molar-refractivity contribution in [3.05, 3.63) is 0 Å². The van der Waals surface area contributed by atoms with Crippen molar-refractivity contribution in [2.75, 3.05) is 6.61 Å². The highest BCUT2D eigenvalue weighted by atomic mass is 16.5. The Labute approximate surface area is 83.1 Å². The predicted molar refractivity (Wildman–Crippen MR) is 47.0 cm³/mol. The van der Waals surface area contributed by atoms with Gasteiger partial charge in [0, 0.05) is 12.8 Å². The molecule has 0 aliphatic heterocycles. The summed E-state index contributed by atoms with van der Waals surface area (Å²) < 4.78 is 11.5. The summed E-state index contributed by atoms with van der Waals surface area (Å²) in [5.41, 5.74) is 1.71. The van der Waals surface area contributed by atoms with Crippen LogP contribution in [-0.2, 0) is 19.1 Å². The van der Waals surface area contributed by atoms with Crippen LogP contribution in [0, 0.1) is 11.8 Å². The third-order valence-corrected chi connectivity index (χ3v) is 2.31. The molecule has 2 atom stereocenters. The molecule has 0 aromatic rings. The first-order valence-electron chi connectivity index (χ1n) is 5.00. The normalized spacial score (nSPS) is 26.9. The summed E-state index contributed by atoms with van der Waals surface area (Å²) in [5.74, 6) is -2.73. The molecule has 5 heteroatoms. The summed E-state index contributed by atoms with van der Waals surface area (Å²) in [4.78, 5) is 33.8. The van der Waals surface area contributed by atoms with Crippen molar-refractivity contribution in [2.45, 2.75) is 19.8 Å². The van der Waals surface area contributed by atoms with Crippen LogP contribution < -0.4 is 5.73 Å². The molecule has 1 aliphatic rings. The molecule has 0 radical (unpaired) electrons. The van der Waals surface area contributed by atoms with Crippen molar-refractivity contribution >= 4 is 17.7 Å². The van der Waals surface area contributed by atoms with Gasteiger partial charge in [-0.15, -0.1) is 0 Å². The van der Waals surface area contributed by atoms with E-state index in [0.717, 1.165) is 0 Å². The fraction of sp³-hybridized carbons (Fsp3) is 0.667. The van der Waals surface area contributed by atoms with Crippen LogP contribution in [0.4, 0.5) is 0 Å². The molecule has 1 saturated carbocycles. The molecular weight excluding hydrogens is 186 g/mol. The lowest BCUT2D eigenvalue weighted by atomic mass is 9.96. The van der Waals surface area contributed by atoms with Gasteiger partial charge in [0.25, 0.3) is 0 Å². The molecule has 0 spiro atoms. The van der Waals surface area contributed by atoms with Gasteiger partial charge in [-0.2, -0.15) is 0 Å². The Kier molecular flexibility index (Phi) is 2.76. The number of carbonyl (C=O) groups is 3. The van der Waals surface area contributed by atoms with E-state index >= 15 is 0 Å². The van der Waals surface area contributed by atoms with Gasteiger partial charge >= 0.3 is 5.97 Å². The van der Waals surface area contributed by atoms with E-state index < -0.39 is 23.7 Å². The topological polar surface area (TPSA) is 86.5 Å². The fourth-order valence-corrected chi connectivity index (χ4v) is 1.63. The van der Waals surface area contributed by atoms with Gasteiger partial charge in [0.1, 0.15) is 5.78 Å². The average Bonchev–Trinajstić information content (AvgIpc) is 2.59. The highest BCUT2D eigenvalue weighted by Gasteiger charge is 2.41. The Bertz CT molecular complexity index is 292. The van der Waals surface area contributed by atoms with Crippen LogP contribution in [0.2, 0.25) is 1.41 Å². The Morgan fingerprint density at radius 1 is 1.57 bits per heavy atom. The Hall–Kier alpha value is -1.39. The number of hydrogen-bond acceptors (Lipinski definition) is 4. The molecule has 5 nitrogen and oxygen atoms in total. The van der Waals surface area contributed by atoms with Crippen molar-refractivity contribution in [1.29, 1.82) is 0 Å². The van der Waals surface area contributed by atoms with Gasteiger partial charge in [0.15, 0.2) is 1.41 Å². The minimum atomic E-state index is -0.742. The number of rotatable bonds is 3. The van der Waals surface area contributed by atoms with E-state index in [1.807, 2.05) is 0 Å². The van der Waals surface area contributed by atoms with Crippen LogP contribution in [0.3, 0.4) is 0 Å². The molecule has 0 heterocycles. The smallest absolute Gasteiger partial charge is 0.310 e. The van der Waals surface area contributed by atoms with E-state index in [1.54, 1.807) is 12.7 Å². The molecule has 0 aromatic carbocycles. The molecule has 78 valence electrons. The van der Waals surface area contributed by atoms with Crippen LogP contribution in [0.15, 0.2) is 0 Å². The van der Waals surface area contributed by atoms with Gasteiger partial charge in [0.2, 0.25) is 5.91 Å². The maximum Gasteiger partial charge on any atom is 0.310 e. The van der Waals surface area contributed by atoms with E-state index in [1.165, 1.54) is 0 Å². The third-order valence-electron chi connectivity index (χ3n) is 2.31. The Balaban J connectivity index is 2.72. The number of ether oxygens (including phenoxy) is 1.